The summed E-state index contributed by atoms with van der Waals surface area (Å²) in [6, 6.07) is 9.41. The zero-order valence-corrected chi connectivity index (χ0v) is 13.4. The molecule has 1 saturated heterocycles. The van der Waals surface area contributed by atoms with E-state index in [0.29, 0.717) is 19.5 Å². The molecule has 24 heavy (non-hydrogen) atoms. The summed E-state index contributed by atoms with van der Waals surface area (Å²) in [5.74, 6) is -0.350. The fourth-order valence-electron chi connectivity index (χ4n) is 2.44. The summed E-state index contributed by atoms with van der Waals surface area (Å²) in [5.41, 5.74) is 1.84. The lowest BCUT2D eigenvalue weighted by Gasteiger charge is -2.26. The topological polar surface area (TPSA) is 75.6 Å². The Hall–Kier alpha value is -2.96. The number of carbonyl (C=O) groups is 2. The van der Waals surface area contributed by atoms with Gasteiger partial charge in [0.25, 0.3) is 5.91 Å². The third kappa shape index (κ3) is 3.51. The van der Waals surface area contributed by atoms with Crippen LogP contribution in [0.2, 0.25) is 0 Å². The van der Waals surface area contributed by atoms with Crippen LogP contribution in [-0.4, -0.2) is 45.1 Å². The van der Waals surface area contributed by atoms with E-state index in [1.165, 1.54) is 22.4 Å². The molecule has 1 aliphatic heterocycles. The van der Waals surface area contributed by atoms with Crippen molar-refractivity contribution in [3.05, 3.63) is 59.7 Å². The standard InChI is InChI=1S/C17H18N4O3/c1-13-10-19-15(11-18-13)16(22)20-8-5-9-21(20)17(23)24-12-14-6-3-2-4-7-14/h2-4,6-7,10-11H,5,8-9,12H2,1H3. The van der Waals surface area contributed by atoms with Crippen LogP contribution in [0.15, 0.2) is 42.7 Å². The van der Waals surface area contributed by atoms with Crippen molar-refractivity contribution in [3.63, 3.8) is 0 Å². The number of benzene rings is 1. The van der Waals surface area contributed by atoms with Crippen molar-refractivity contribution in [2.75, 3.05) is 13.1 Å². The van der Waals surface area contributed by atoms with Crippen molar-refractivity contribution in [1.29, 1.82) is 0 Å². The largest absolute Gasteiger partial charge is 0.443 e. The SMILES string of the molecule is Cc1cnc(C(=O)N2CCCN2C(=O)OCc2ccccc2)cn1. The molecule has 0 unspecified atom stereocenters. The molecule has 7 heteroatoms. The highest BCUT2D eigenvalue weighted by atomic mass is 16.6. The fourth-order valence-corrected chi connectivity index (χ4v) is 2.44. The van der Waals surface area contributed by atoms with Crippen LogP contribution >= 0.6 is 0 Å². The molecular weight excluding hydrogens is 308 g/mol. The Morgan fingerprint density at radius 2 is 1.83 bits per heavy atom. The molecule has 7 nitrogen and oxygen atoms in total. The van der Waals surface area contributed by atoms with E-state index in [4.69, 9.17) is 4.74 Å². The Balaban J connectivity index is 1.65. The predicted molar refractivity (Wildman–Crippen MR) is 85.8 cm³/mol. The molecule has 3 rings (SSSR count). The van der Waals surface area contributed by atoms with Gasteiger partial charge in [-0.2, -0.15) is 0 Å². The van der Waals surface area contributed by atoms with Crippen LogP contribution < -0.4 is 0 Å². The maximum atomic E-state index is 12.5. The third-order valence-corrected chi connectivity index (χ3v) is 3.68. The molecule has 124 valence electrons. The molecule has 1 aromatic carbocycles. The minimum atomic E-state index is -0.537. The predicted octanol–water partition coefficient (Wildman–Crippen LogP) is 2.18. The van der Waals surface area contributed by atoms with E-state index in [1.54, 1.807) is 6.92 Å². The number of aromatic nitrogens is 2. The number of carbonyl (C=O) groups excluding carboxylic acids is 2. The van der Waals surface area contributed by atoms with Crippen LogP contribution in [-0.2, 0) is 11.3 Å². The number of hydrazine groups is 1. The molecular formula is C17H18N4O3. The number of hydrogen-bond acceptors (Lipinski definition) is 5. The molecule has 2 aromatic rings. The molecule has 1 aliphatic rings. The Kier molecular flexibility index (Phi) is 4.69. The highest BCUT2D eigenvalue weighted by molar-refractivity contribution is 5.93. The van der Waals surface area contributed by atoms with Gasteiger partial charge in [0, 0.05) is 19.3 Å². The quantitative estimate of drug-likeness (QED) is 0.864. The maximum Gasteiger partial charge on any atom is 0.429 e. The molecule has 0 aliphatic carbocycles. The number of amides is 2. The van der Waals surface area contributed by atoms with Gasteiger partial charge < -0.3 is 4.74 Å². The normalized spacial score (nSPS) is 13.9. The average molecular weight is 326 g/mol. The molecule has 0 atom stereocenters. The second-order valence-corrected chi connectivity index (χ2v) is 5.49. The molecule has 0 radical (unpaired) electrons. The van der Waals surface area contributed by atoms with E-state index in [1.807, 2.05) is 30.3 Å². The maximum absolute atomic E-state index is 12.5. The second-order valence-electron chi connectivity index (χ2n) is 5.49. The summed E-state index contributed by atoms with van der Waals surface area (Å²) in [6.07, 6.45) is 3.11. The van der Waals surface area contributed by atoms with Gasteiger partial charge >= 0.3 is 6.09 Å². The van der Waals surface area contributed by atoms with E-state index in [-0.39, 0.29) is 18.2 Å². The lowest BCUT2D eigenvalue weighted by atomic mass is 10.2. The first-order valence-corrected chi connectivity index (χ1v) is 7.74. The lowest BCUT2D eigenvalue weighted by Crippen LogP contribution is -2.45. The van der Waals surface area contributed by atoms with E-state index in [9.17, 15) is 9.59 Å². The van der Waals surface area contributed by atoms with Crippen molar-refractivity contribution in [2.45, 2.75) is 20.0 Å². The average Bonchev–Trinajstić information content (AvgIpc) is 3.10. The minimum Gasteiger partial charge on any atom is -0.443 e. The molecule has 0 bridgehead atoms. The number of aryl methyl sites for hydroxylation is 1. The molecule has 1 fully saturated rings. The molecule has 0 N–H and O–H groups in total. The van der Waals surface area contributed by atoms with Crippen LogP contribution in [0.1, 0.15) is 28.2 Å². The van der Waals surface area contributed by atoms with E-state index in [2.05, 4.69) is 9.97 Å². The summed E-state index contributed by atoms with van der Waals surface area (Å²) in [7, 11) is 0. The number of ether oxygens (including phenoxy) is 1. The number of hydrogen-bond donors (Lipinski definition) is 0. The lowest BCUT2D eigenvalue weighted by molar-refractivity contribution is 0.0106. The molecule has 1 aromatic heterocycles. The van der Waals surface area contributed by atoms with Gasteiger partial charge in [0.2, 0.25) is 0 Å². The van der Waals surface area contributed by atoms with Gasteiger partial charge in [-0.3, -0.25) is 9.78 Å². The van der Waals surface area contributed by atoms with Gasteiger partial charge in [-0.05, 0) is 18.9 Å². The van der Waals surface area contributed by atoms with Gasteiger partial charge in [0.05, 0.1) is 11.9 Å². The van der Waals surface area contributed by atoms with Gasteiger partial charge in [-0.1, -0.05) is 30.3 Å². The van der Waals surface area contributed by atoms with Crippen molar-refractivity contribution in [3.8, 4) is 0 Å². The fraction of sp³-hybridized carbons (Fsp3) is 0.294. The molecule has 0 spiro atoms. The van der Waals surface area contributed by atoms with Crippen LogP contribution in [0.5, 0.6) is 0 Å². The number of nitrogens with zero attached hydrogens (tertiary/aromatic N) is 4. The van der Waals surface area contributed by atoms with Crippen LogP contribution in [0.3, 0.4) is 0 Å². The summed E-state index contributed by atoms with van der Waals surface area (Å²) in [6.45, 7) is 2.86. The number of rotatable bonds is 3. The van der Waals surface area contributed by atoms with Crippen molar-refractivity contribution >= 4 is 12.0 Å². The van der Waals surface area contributed by atoms with Gasteiger partial charge in [0.15, 0.2) is 0 Å². The monoisotopic (exact) mass is 326 g/mol. The summed E-state index contributed by atoms with van der Waals surface area (Å²) >= 11 is 0. The smallest absolute Gasteiger partial charge is 0.429 e. The first kappa shape index (κ1) is 15.9. The molecule has 2 heterocycles. The van der Waals surface area contributed by atoms with Gasteiger partial charge in [-0.25, -0.2) is 19.8 Å². The van der Waals surface area contributed by atoms with Crippen LogP contribution in [0.4, 0.5) is 4.79 Å². The first-order valence-electron chi connectivity index (χ1n) is 7.74. The van der Waals surface area contributed by atoms with E-state index in [0.717, 1.165) is 11.3 Å². The summed E-state index contributed by atoms with van der Waals surface area (Å²) < 4.78 is 5.30. The molecule has 0 saturated carbocycles. The van der Waals surface area contributed by atoms with Crippen molar-refractivity contribution in [1.82, 2.24) is 20.0 Å². The minimum absolute atomic E-state index is 0.169. The first-order chi connectivity index (χ1) is 11.6. The van der Waals surface area contributed by atoms with Gasteiger partial charge in [-0.15, -0.1) is 0 Å². The zero-order chi connectivity index (χ0) is 16.9. The highest BCUT2D eigenvalue weighted by Gasteiger charge is 2.33. The Labute approximate surface area is 139 Å². The zero-order valence-electron chi connectivity index (χ0n) is 13.4. The van der Waals surface area contributed by atoms with Gasteiger partial charge in [0.1, 0.15) is 12.3 Å². The highest BCUT2D eigenvalue weighted by Crippen LogP contribution is 2.16. The van der Waals surface area contributed by atoms with E-state index >= 15 is 0 Å². The van der Waals surface area contributed by atoms with Crippen LogP contribution in [0, 0.1) is 6.92 Å². The van der Waals surface area contributed by atoms with Crippen molar-refractivity contribution in [2.24, 2.45) is 0 Å². The Morgan fingerprint density at radius 1 is 1.08 bits per heavy atom. The molecule has 2 amide bonds. The summed E-state index contributed by atoms with van der Waals surface area (Å²) in [5, 5.41) is 2.69. The Morgan fingerprint density at radius 3 is 2.54 bits per heavy atom. The third-order valence-electron chi connectivity index (χ3n) is 3.68. The second kappa shape index (κ2) is 7.08. The van der Waals surface area contributed by atoms with Crippen LogP contribution in [0.25, 0.3) is 0 Å². The summed E-state index contributed by atoms with van der Waals surface area (Å²) in [4.78, 5) is 33.0. The van der Waals surface area contributed by atoms with E-state index < -0.39 is 6.09 Å². The Bertz CT molecular complexity index is 718. The van der Waals surface area contributed by atoms with Crippen molar-refractivity contribution < 1.29 is 14.3 Å².